The molecular formula is C45H29N3S. The van der Waals surface area contributed by atoms with Crippen LogP contribution in [0.3, 0.4) is 0 Å². The normalized spacial score (nSPS) is 11.3. The van der Waals surface area contributed by atoms with E-state index in [9.17, 15) is 0 Å². The van der Waals surface area contributed by atoms with E-state index in [2.05, 4.69) is 152 Å². The van der Waals surface area contributed by atoms with Gasteiger partial charge in [-0.2, -0.15) is 0 Å². The molecule has 2 heterocycles. The van der Waals surface area contributed by atoms with Crippen molar-refractivity contribution in [2.24, 2.45) is 0 Å². The molecule has 49 heavy (non-hydrogen) atoms. The lowest BCUT2D eigenvalue weighted by atomic mass is 9.96. The Morgan fingerprint density at radius 3 is 1.35 bits per heavy atom. The quantitative estimate of drug-likeness (QED) is 0.181. The van der Waals surface area contributed by atoms with Gasteiger partial charge in [0.25, 0.3) is 0 Å². The maximum atomic E-state index is 5.15. The molecule has 0 radical (unpaired) electrons. The van der Waals surface area contributed by atoms with Gasteiger partial charge in [0.05, 0.1) is 0 Å². The zero-order chi connectivity index (χ0) is 32.6. The summed E-state index contributed by atoms with van der Waals surface area (Å²) in [6.45, 7) is 0. The van der Waals surface area contributed by atoms with Crippen molar-refractivity contribution in [1.82, 2.24) is 15.0 Å². The Balaban J connectivity index is 1.25. The fourth-order valence-corrected chi connectivity index (χ4v) is 7.82. The molecule has 4 heteroatoms. The largest absolute Gasteiger partial charge is 0.208 e. The van der Waals surface area contributed by atoms with Gasteiger partial charge in [-0.15, -0.1) is 11.3 Å². The number of thiophene rings is 1. The van der Waals surface area contributed by atoms with E-state index >= 15 is 0 Å². The second kappa shape index (κ2) is 12.4. The van der Waals surface area contributed by atoms with Crippen LogP contribution in [0.4, 0.5) is 0 Å². The summed E-state index contributed by atoms with van der Waals surface area (Å²) in [6.07, 6.45) is 0. The molecular weight excluding hydrogens is 615 g/mol. The summed E-state index contributed by atoms with van der Waals surface area (Å²) in [4.78, 5) is 15.3. The van der Waals surface area contributed by atoms with Crippen molar-refractivity contribution < 1.29 is 0 Å². The molecule has 0 amide bonds. The highest BCUT2D eigenvalue weighted by atomic mass is 32.1. The minimum Gasteiger partial charge on any atom is -0.208 e. The fraction of sp³-hybridized carbons (Fsp3) is 0. The molecule has 0 saturated heterocycles. The predicted octanol–water partition coefficient (Wildman–Crippen LogP) is 12.2. The number of benzene rings is 7. The lowest BCUT2D eigenvalue weighted by Gasteiger charge is -2.10. The highest BCUT2D eigenvalue weighted by molar-refractivity contribution is 7.26. The van der Waals surface area contributed by atoms with E-state index in [1.807, 2.05) is 35.6 Å². The average molecular weight is 644 g/mol. The molecule has 0 spiro atoms. The molecule has 0 aliphatic heterocycles. The fourth-order valence-electron chi connectivity index (χ4n) is 6.49. The van der Waals surface area contributed by atoms with E-state index in [0.717, 1.165) is 27.0 Å². The number of fused-ring (bicyclic) bond motifs is 3. The van der Waals surface area contributed by atoms with Crippen LogP contribution in [0.2, 0.25) is 0 Å². The Labute approximate surface area is 288 Å². The van der Waals surface area contributed by atoms with Crippen LogP contribution in [0.5, 0.6) is 0 Å². The predicted molar refractivity (Wildman–Crippen MR) is 205 cm³/mol. The summed E-state index contributed by atoms with van der Waals surface area (Å²) >= 11 is 1.81. The molecule has 2 aromatic heterocycles. The van der Waals surface area contributed by atoms with Gasteiger partial charge in [0, 0.05) is 42.4 Å². The first-order chi connectivity index (χ1) is 24.3. The van der Waals surface area contributed by atoms with E-state index < -0.39 is 0 Å². The Kier molecular flexibility index (Phi) is 7.34. The van der Waals surface area contributed by atoms with Gasteiger partial charge in [-0.05, 0) is 46.0 Å². The van der Waals surface area contributed by atoms with Gasteiger partial charge in [-0.1, -0.05) is 158 Å². The number of nitrogens with zero attached hydrogens (tertiary/aromatic N) is 3. The molecule has 0 atom stereocenters. The van der Waals surface area contributed by atoms with E-state index in [0.29, 0.717) is 17.5 Å². The zero-order valence-corrected chi connectivity index (χ0v) is 27.3. The van der Waals surface area contributed by atoms with Crippen LogP contribution in [-0.4, -0.2) is 15.0 Å². The average Bonchev–Trinajstić information content (AvgIpc) is 3.58. The van der Waals surface area contributed by atoms with Crippen LogP contribution in [-0.2, 0) is 0 Å². The lowest BCUT2D eigenvalue weighted by Crippen LogP contribution is -2.00. The van der Waals surface area contributed by atoms with Crippen LogP contribution in [0, 0.1) is 0 Å². The third-order valence-corrected chi connectivity index (χ3v) is 10.2. The van der Waals surface area contributed by atoms with Crippen LogP contribution in [0.15, 0.2) is 176 Å². The molecule has 0 bridgehead atoms. The number of hydrogen-bond acceptors (Lipinski definition) is 4. The second-order valence-corrected chi connectivity index (χ2v) is 13.1. The molecule has 0 aliphatic carbocycles. The third-order valence-electron chi connectivity index (χ3n) is 8.95. The first-order valence-corrected chi connectivity index (χ1v) is 17.2. The monoisotopic (exact) mass is 643 g/mol. The van der Waals surface area contributed by atoms with Crippen LogP contribution in [0.25, 0.3) is 87.7 Å². The Morgan fingerprint density at radius 1 is 0.286 bits per heavy atom. The molecule has 0 N–H and O–H groups in total. The van der Waals surface area contributed by atoms with Crippen molar-refractivity contribution in [3.05, 3.63) is 176 Å². The second-order valence-electron chi connectivity index (χ2n) is 12.0. The van der Waals surface area contributed by atoms with Crippen molar-refractivity contribution >= 4 is 31.5 Å². The van der Waals surface area contributed by atoms with Gasteiger partial charge in [-0.25, -0.2) is 15.0 Å². The highest BCUT2D eigenvalue weighted by Gasteiger charge is 2.19. The highest BCUT2D eigenvalue weighted by Crippen LogP contribution is 2.45. The first kappa shape index (κ1) is 29.0. The number of hydrogen-bond donors (Lipinski definition) is 0. The van der Waals surface area contributed by atoms with Crippen molar-refractivity contribution in [1.29, 1.82) is 0 Å². The Morgan fingerprint density at radius 2 is 0.735 bits per heavy atom. The van der Waals surface area contributed by atoms with Gasteiger partial charge in [0.2, 0.25) is 0 Å². The van der Waals surface area contributed by atoms with Crippen molar-refractivity contribution in [3.63, 3.8) is 0 Å². The van der Waals surface area contributed by atoms with E-state index in [-0.39, 0.29) is 0 Å². The maximum Gasteiger partial charge on any atom is 0.165 e. The summed E-state index contributed by atoms with van der Waals surface area (Å²) in [5.74, 6) is 1.97. The van der Waals surface area contributed by atoms with E-state index in [1.54, 1.807) is 0 Å². The molecule has 9 rings (SSSR count). The van der Waals surface area contributed by atoms with E-state index in [1.165, 1.54) is 43.3 Å². The van der Waals surface area contributed by atoms with Gasteiger partial charge in [0.15, 0.2) is 17.5 Å². The lowest BCUT2D eigenvalue weighted by molar-refractivity contribution is 1.08. The van der Waals surface area contributed by atoms with Crippen LogP contribution >= 0.6 is 11.3 Å². The zero-order valence-electron chi connectivity index (χ0n) is 26.5. The van der Waals surface area contributed by atoms with Crippen LogP contribution < -0.4 is 0 Å². The summed E-state index contributed by atoms with van der Waals surface area (Å²) < 4.78 is 2.41. The molecule has 7 aromatic carbocycles. The Bertz CT molecular complexity index is 2560. The summed E-state index contributed by atoms with van der Waals surface area (Å²) in [5, 5.41) is 2.43. The minimum atomic E-state index is 0.651. The van der Waals surface area contributed by atoms with Crippen molar-refractivity contribution in [2.45, 2.75) is 0 Å². The summed E-state index contributed by atoms with van der Waals surface area (Å²) in [5.41, 5.74) is 10.1. The van der Waals surface area contributed by atoms with Crippen molar-refractivity contribution in [2.75, 3.05) is 0 Å². The van der Waals surface area contributed by atoms with Gasteiger partial charge >= 0.3 is 0 Å². The third kappa shape index (κ3) is 5.48. The molecule has 0 aliphatic rings. The summed E-state index contributed by atoms with van der Waals surface area (Å²) in [6, 6.07) is 61.5. The van der Waals surface area contributed by atoms with Gasteiger partial charge in [0.1, 0.15) is 0 Å². The minimum absolute atomic E-state index is 0.651. The molecule has 3 nitrogen and oxygen atoms in total. The smallest absolute Gasteiger partial charge is 0.165 e. The number of rotatable bonds is 6. The summed E-state index contributed by atoms with van der Waals surface area (Å²) in [7, 11) is 0. The van der Waals surface area contributed by atoms with Crippen molar-refractivity contribution in [3.8, 4) is 67.5 Å². The molecule has 230 valence electrons. The SMILES string of the molecule is c1ccc(-c2ccc(-c3nc(-c4ccccc4)nc(-c4cccc5c4sc4c(-c6ccccc6)cc(-c6ccccc6)cc45)n3)cc2)cc1. The standard InChI is InChI=1S/C45H29N3S/c1-5-14-30(15-6-1)32-24-26-35(27-25-32)44-46-43(34-20-11-4-12-21-34)47-45(48-44)38-23-13-22-37-40-29-36(31-16-7-2-8-17-31)28-39(42(40)49-41(37)38)33-18-9-3-10-19-33/h1-29H. The molecule has 0 saturated carbocycles. The Hall–Kier alpha value is -6.23. The molecule has 0 fully saturated rings. The molecule has 9 aromatic rings. The number of aromatic nitrogens is 3. The van der Waals surface area contributed by atoms with Crippen LogP contribution in [0.1, 0.15) is 0 Å². The maximum absolute atomic E-state index is 5.15. The topological polar surface area (TPSA) is 38.7 Å². The van der Waals surface area contributed by atoms with E-state index in [4.69, 9.17) is 15.0 Å². The van der Waals surface area contributed by atoms with Gasteiger partial charge in [-0.3, -0.25) is 0 Å². The van der Waals surface area contributed by atoms with Gasteiger partial charge < -0.3 is 0 Å². The first-order valence-electron chi connectivity index (χ1n) is 16.4. The molecule has 0 unspecified atom stereocenters.